The molecular formula is C27H23N7S. The van der Waals surface area contributed by atoms with Crippen LogP contribution in [-0.4, -0.2) is 30.1 Å². The van der Waals surface area contributed by atoms with Crippen LogP contribution in [0.2, 0.25) is 0 Å². The van der Waals surface area contributed by atoms with Crippen molar-refractivity contribution in [3.63, 3.8) is 0 Å². The molecule has 6 aromatic heterocycles. The summed E-state index contributed by atoms with van der Waals surface area (Å²) in [5.41, 5.74) is 9.44. The molecule has 0 saturated carbocycles. The van der Waals surface area contributed by atoms with Crippen molar-refractivity contribution in [2.24, 2.45) is 0 Å². The lowest BCUT2D eigenvalue weighted by molar-refractivity contribution is 0.913. The fourth-order valence-electron chi connectivity index (χ4n) is 4.32. The van der Waals surface area contributed by atoms with Crippen molar-refractivity contribution in [2.45, 2.75) is 19.8 Å². The van der Waals surface area contributed by atoms with Gasteiger partial charge in [0.1, 0.15) is 0 Å². The van der Waals surface area contributed by atoms with Crippen molar-refractivity contribution in [2.75, 3.05) is 5.32 Å². The number of allylic oxidation sites excluding steroid dienone is 1. The van der Waals surface area contributed by atoms with E-state index in [1.54, 1.807) is 11.3 Å². The summed E-state index contributed by atoms with van der Waals surface area (Å²) < 4.78 is 0. The van der Waals surface area contributed by atoms with Crippen molar-refractivity contribution in [3.05, 3.63) is 78.2 Å². The second kappa shape index (κ2) is 8.81. The lowest BCUT2D eigenvalue weighted by Gasteiger charge is -2.09. The summed E-state index contributed by atoms with van der Waals surface area (Å²) in [4.78, 5) is 17.2. The summed E-state index contributed by atoms with van der Waals surface area (Å²) >= 11 is 1.67. The molecule has 0 saturated heterocycles. The number of hydrogen-bond acceptors (Lipinski definition) is 6. The van der Waals surface area contributed by atoms with Crippen LogP contribution >= 0.6 is 11.3 Å². The van der Waals surface area contributed by atoms with Gasteiger partial charge in [0, 0.05) is 62.6 Å². The minimum Gasteiger partial charge on any atom is -0.358 e. The monoisotopic (exact) mass is 477 g/mol. The highest BCUT2D eigenvalue weighted by Crippen LogP contribution is 2.34. The van der Waals surface area contributed by atoms with E-state index in [1.807, 2.05) is 30.9 Å². The van der Waals surface area contributed by atoms with Gasteiger partial charge in [-0.3, -0.25) is 15.1 Å². The standard InChI is InChI=1S/C27H23N7S/c1-3-4-16(2)31-20-9-18(12-28-14-20)19-10-22-26(33-34-27(22)30-13-19)24-11-21-23(32-24)5-7-29-25(21)17-6-8-35-15-17/h5-15,31-32H,2-4H2,1H3,(H,30,33,34). The number of fused-ring (bicyclic) bond motifs is 2. The van der Waals surface area contributed by atoms with E-state index in [4.69, 9.17) is 0 Å². The Morgan fingerprint density at radius 2 is 1.94 bits per heavy atom. The maximum atomic E-state index is 4.63. The van der Waals surface area contributed by atoms with Gasteiger partial charge in [-0.25, -0.2) is 4.98 Å². The zero-order chi connectivity index (χ0) is 23.8. The molecule has 0 aromatic carbocycles. The fraction of sp³-hybridized carbons (Fsp3) is 0.111. The first kappa shape index (κ1) is 21.2. The zero-order valence-electron chi connectivity index (χ0n) is 19.2. The molecule has 0 unspecified atom stereocenters. The van der Waals surface area contributed by atoms with Crippen molar-refractivity contribution >= 4 is 39.0 Å². The van der Waals surface area contributed by atoms with Crippen LogP contribution < -0.4 is 5.32 Å². The van der Waals surface area contributed by atoms with Crippen LogP contribution in [0, 0.1) is 0 Å². The number of pyridine rings is 3. The largest absolute Gasteiger partial charge is 0.358 e. The molecule has 0 bridgehead atoms. The van der Waals surface area contributed by atoms with E-state index in [9.17, 15) is 0 Å². The Morgan fingerprint density at radius 1 is 1.03 bits per heavy atom. The van der Waals surface area contributed by atoms with E-state index in [2.05, 4.69) is 84.0 Å². The Morgan fingerprint density at radius 3 is 2.80 bits per heavy atom. The Labute approximate surface area is 206 Å². The normalized spacial score (nSPS) is 11.3. The van der Waals surface area contributed by atoms with Crippen LogP contribution in [0.3, 0.4) is 0 Å². The van der Waals surface area contributed by atoms with Crippen molar-refractivity contribution in [3.8, 4) is 33.8 Å². The predicted molar refractivity (Wildman–Crippen MR) is 143 cm³/mol. The Balaban J connectivity index is 1.40. The molecule has 172 valence electrons. The first-order chi connectivity index (χ1) is 17.2. The van der Waals surface area contributed by atoms with E-state index in [1.165, 1.54) is 0 Å². The van der Waals surface area contributed by atoms with Gasteiger partial charge >= 0.3 is 0 Å². The molecule has 6 rings (SSSR count). The van der Waals surface area contributed by atoms with Crippen LogP contribution in [0.15, 0.2) is 78.2 Å². The quantitative estimate of drug-likeness (QED) is 0.230. The second-order valence-corrected chi connectivity index (χ2v) is 9.23. The van der Waals surface area contributed by atoms with Gasteiger partial charge in [-0.15, -0.1) is 0 Å². The van der Waals surface area contributed by atoms with E-state index >= 15 is 0 Å². The summed E-state index contributed by atoms with van der Waals surface area (Å²) in [7, 11) is 0. The van der Waals surface area contributed by atoms with Gasteiger partial charge in [-0.2, -0.15) is 16.4 Å². The number of nitrogens with one attached hydrogen (secondary N) is 3. The predicted octanol–water partition coefficient (Wildman–Crippen LogP) is 7.02. The maximum Gasteiger partial charge on any atom is 0.181 e. The molecule has 0 aliphatic rings. The van der Waals surface area contributed by atoms with Crippen LogP contribution in [0.25, 0.3) is 55.7 Å². The lowest BCUT2D eigenvalue weighted by Crippen LogP contribution is -1.98. The molecule has 0 radical (unpaired) electrons. The summed E-state index contributed by atoms with van der Waals surface area (Å²) in [6.07, 6.45) is 9.29. The average Bonchev–Trinajstić information content (AvgIpc) is 3.63. The van der Waals surface area contributed by atoms with Crippen molar-refractivity contribution < 1.29 is 0 Å². The summed E-state index contributed by atoms with van der Waals surface area (Å²) in [6, 6.07) is 10.4. The van der Waals surface area contributed by atoms with Gasteiger partial charge in [0.25, 0.3) is 0 Å². The third-order valence-corrected chi connectivity index (χ3v) is 6.65. The Hall–Kier alpha value is -4.30. The molecule has 7 nitrogen and oxygen atoms in total. The molecular weight excluding hydrogens is 454 g/mol. The van der Waals surface area contributed by atoms with Gasteiger partial charge in [0.15, 0.2) is 5.65 Å². The van der Waals surface area contributed by atoms with Gasteiger partial charge in [0.05, 0.1) is 29.0 Å². The number of H-pyrrole nitrogens is 2. The number of aromatic amines is 2. The van der Waals surface area contributed by atoms with Gasteiger partial charge in [-0.05, 0) is 42.1 Å². The SMILES string of the molecule is C=C(CCC)Nc1cncc(-c2cnc3n[nH]c(-c4cc5c(-c6ccsc6)nccc5[nH]4)c3c2)c1. The molecule has 35 heavy (non-hydrogen) atoms. The molecule has 0 aliphatic heterocycles. The van der Waals surface area contributed by atoms with Crippen LogP contribution in [0.5, 0.6) is 0 Å². The molecule has 8 heteroatoms. The molecule has 0 aliphatic carbocycles. The maximum absolute atomic E-state index is 4.63. The van der Waals surface area contributed by atoms with Crippen LogP contribution in [0.1, 0.15) is 19.8 Å². The number of aromatic nitrogens is 6. The molecule has 6 heterocycles. The highest BCUT2D eigenvalue weighted by molar-refractivity contribution is 7.08. The lowest BCUT2D eigenvalue weighted by atomic mass is 10.1. The fourth-order valence-corrected chi connectivity index (χ4v) is 4.96. The number of hydrogen-bond donors (Lipinski definition) is 3. The van der Waals surface area contributed by atoms with E-state index < -0.39 is 0 Å². The van der Waals surface area contributed by atoms with E-state index in [-0.39, 0.29) is 0 Å². The van der Waals surface area contributed by atoms with Gasteiger partial charge in [-0.1, -0.05) is 19.9 Å². The van der Waals surface area contributed by atoms with Crippen molar-refractivity contribution in [1.82, 2.24) is 30.1 Å². The molecule has 6 aromatic rings. The number of anilines is 1. The smallest absolute Gasteiger partial charge is 0.181 e. The minimum atomic E-state index is 0.664. The van der Waals surface area contributed by atoms with Crippen molar-refractivity contribution in [1.29, 1.82) is 0 Å². The summed E-state index contributed by atoms with van der Waals surface area (Å²) in [5.74, 6) is 0. The molecule has 0 atom stereocenters. The highest BCUT2D eigenvalue weighted by atomic mass is 32.1. The third-order valence-electron chi connectivity index (χ3n) is 5.97. The summed E-state index contributed by atoms with van der Waals surface area (Å²) in [6.45, 7) is 6.23. The van der Waals surface area contributed by atoms with Crippen LogP contribution in [0.4, 0.5) is 5.69 Å². The Kier molecular flexibility index (Phi) is 5.35. The highest BCUT2D eigenvalue weighted by Gasteiger charge is 2.15. The molecule has 0 fully saturated rings. The Bertz CT molecular complexity index is 1660. The number of rotatable bonds is 7. The minimum absolute atomic E-state index is 0.664. The van der Waals surface area contributed by atoms with Gasteiger partial charge < -0.3 is 10.3 Å². The van der Waals surface area contributed by atoms with Crippen LogP contribution in [-0.2, 0) is 0 Å². The molecule has 0 spiro atoms. The second-order valence-electron chi connectivity index (χ2n) is 8.45. The van der Waals surface area contributed by atoms with Gasteiger partial charge in [0.2, 0.25) is 0 Å². The first-order valence-electron chi connectivity index (χ1n) is 11.4. The number of nitrogens with zero attached hydrogens (tertiary/aromatic N) is 4. The molecule has 3 N–H and O–H groups in total. The average molecular weight is 478 g/mol. The first-order valence-corrected chi connectivity index (χ1v) is 12.4. The van der Waals surface area contributed by atoms with E-state index in [0.29, 0.717) is 5.65 Å². The topological polar surface area (TPSA) is 95.2 Å². The summed E-state index contributed by atoms with van der Waals surface area (Å²) in [5, 5.41) is 17.2. The third kappa shape index (κ3) is 3.98. The number of thiophene rings is 1. The van der Waals surface area contributed by atoms with E-state index in [0.717, 1.165) is 74.3 Å². The molecule has 0 amide bonds. The zero-order valence-corrected chi connectivity index (χ0v) is 20.0.